The van der Waals surface area contributed by atoms with Crippen LogP contribution in [0.1, 0.15) is 24.0 Å². The molecule has 1 aromatic rings. The van der Waals surface area contributed by atoms with Crippen LogP contribution in [0.3, 0.4) is 0 Å². The molecule has 1 aliphatic carbocycles. The predicted molar refractivity (Wildman–Crippen MR) is 92.7 cm³/mol. The van der Waals surface area contributed by atoms with E-state index in [9.17, 15) is 4.79 Å². The first-order valence-electron chi connectivity index (χ1n) is 8.16. The number of amides is 1. The highest BCUT2D eigenvalue weighted by Crippen LogP contribution is 2.45. The molecule has 1 aliphatic heterocycles. The third kappa shape index (κ3) is 2.86. The molecule has 24 heavy (non-hydrogen) atoms. The molecule has 0 saturated heterocycles. The largest absolute Gasteiger partial charge is 0.493 e. The van der Waals surface area contributed by atoms with Gasteiger partial charge in [0.25, 0.3) is 0 Å². The van der Waals surface area contributed by atoms with Gasteiger partial charge in [-0.1, -0.05) is 12.2 Å². The van der Waals surface area contributed by atoms with Crippen molar-refractivity contribution in [3.63, 3.8) is 0 Å². The van der Waals surface area contributed by atoms with Gasteiger partial charge in [0.2, 0.25) is 11.7 Å². The average molecular weight is 329 g/mol. The van der Waals surface area contributed by atoms with Gasteiger partial charge in [0.15, 0.2) is 11.5 Å². The topological polar surface area (TPSA) is 48.0 Å². The number of hydrogen-bond acceptors (Lipinski definition) is 4. The van der Waals surface area contributed by atoms with Crippen molar-refractivity contribution in [3.8, 4) is 17.2 Å². The molecule has 0 atom stereocenters. The number of carbonyl (C=O) groups excluding carboxylic acids is 1. The van der Waals surface area contributed by atoms with Crippen LogP contribution in [-0.4, -0.2) is 45.2 Å². The van der Waals surface area contributed by atoms with E-state index in [0.717, 1.165) is 36.1 Å². The Hall–Kier alpha value is -2.43. The summed E-state index contributed by atoms with van der Waals surface area (Å²) in [7, 11) is 4.83. The molecule has 0 bridgehead atoms. The van der Waals surface area contributed by atoms with Crippen LogP contribution in [0, 0.1) is 0 Å². The third-order valence-electron chi connectivity index (χ3n) is 4.56. The summed E-state index contributed by atoms with van der Waals surface area (Å²) >= 11 is 0. The first kappa shape index (κ1) is 16.4. The van der Waals surface area contributed by atoms with E-state index in [4.69, 9.17) is 14.2 Å². The summed E-state index contributed by atoms with van der Waals surface area (Å²) < 4.78 is 16.4. The van der Waals surface area contributed by atoms with Gasteiger partial charge in [0, 0.05) is 24.2 Å². The average Bonchev–Trinajstić information content (AvgIpc) is 2.65. The molecule has 5 nitrogen and oxygen atoms in total. The predicted octanol–water partition coefficient (Wildman–Crippen LogP) is 2.83. The Bertz CT molecular complexity index is 706. The van der Waals surface area contributed by atoms with Gasteiger partial charge in [-0.25, -0.2) is 0 Å². The molecule has 0 N–H and O–H groups in total. The van der Waals surface area contributed by atoms with Gasteiger partial charge in [-0.05, 0) is 37.0 Å². The lowest BCUT2D eigenvalue weighted by atomic mass is 9.90. The number of ether oxygens (including phenoxy) is 3. The van der Waals surface area contributed by atoms with E-state index in [1.54, 1.807) is 21.3 Å². The number of methoxy groups -OCH3 is 3. The van der Waals surface area contributed by atoms with Crippen molar-refractivity contribution >= 4 is 12.0 Å². The van der Waals surface area contributed by atoms with Crippen molar-refractivity contribution in [1.29, 1.82) is 0 Å². The van der Waals surface area contributed by atoms with Crippen LogP contribution in [-0.2, 0) is 11.2 Å². The van der Waals surface area contributed by atoms with Gasteiger partial charge in [0.05, 0.1) is 21.3 Å². The minimum absolute atomic E-state index is 0.124. The molecular weight excluding hydrogens is 306 g/mol. The van der Waals surface area contributed by atoms with Crippen LogP contribution in [0.25, 0.3) is 6.08 Å². The zero-order valence-electron chi connectivity index (χ0n) is 14.4. The molecule has 128 valence electrons. The lowest BCUT2D eigenvalue weighted by Crippen LogP contribution is -2.35. The third-order valence-corrected chi connectivity index (χ3v) is 4.56. The summed E-state index contributed by atoms with van der Waals surface area (Å²) in [5, 5.41) is 0. The Morgan fingerprint density at radius 3 is 2.46 bits per heavy atom. The van der Waals surface area contributed by atoms with E-state index in [2.05, 4.69) is 12.2 Å². The molecule has 0 radical (unpaired) electrons. The van der Waals surface area contributed by atoms with Crippen molar-refractivity contribution in [2.75, 3.05) is 34.4 Å². The van der Waals surface area contributed by atoms with E-state index in [0.29, 0.717) is 30.2 Å². The zero-order chi connectivity index (χ0) is 17.1. The van der Waals surface area contributed by atoms with Gasteiger partial charge in [0.1, 0.15) is 0 Å². The number of rotatable bonds is 4. The lowest BCUT2D eigenvalue weighted by Gasteiger charge is -2.27. The Morgan fingerprint density at radius 1 is 1.04 bits per heavy atom. The SMILES string of the molecule is COc1cc2c(c(OC)c1OC)CCC(C(=O)N1CC=CCC1)=C2. The maximum Gasteiger partial charge on any atom is 0.250 e. The monoisotopic (exact) mass is 329 g/mol. The number of fused-ring (bicyclic) bond motifs is 1. The van der Waals surface area contributed by atoms with Crippen LogP contribution < -0.4 is 14.2 Å². The van der Waals surface area contributed by atoms with Crippen molar-refractivity contribution in [1.82, 2.24) is 4.90 Å². The highest BCUT2D eigenvalue weighted by atomic mass is 16.5. The zero-order valence-corrected chi connectivity index (χ0v) is 14.4. The highest BCUT2D eigenvalue weighted by Gasteiger charge is 2.26. The number of benzene rings is 1. The van der Waals surface area contributed by atoms with Crippen molar-refractivity contribution in [3.05, 3.63) is 34.9 Å². The highest BCUT2D eigenvalue weighted by molar-refractivity contribution is 5.99. The van der Waals surface area contributed by atoms with Gasteiger partial charge in [-0.3, -0.25) is 4.79 Å². The molecule has 3 rings (SSSR count). The van der Waals surface area contributed by atoms with Gasteiger partial charge in [-0.15, -0.1) is 0 Å². The Kier molecular flexibility index (Phi) is 4.79. The van der Waals surface area contributed by atoms with Crippen molar-refractivity contribution < 1.29 is 19.0 Å². The van der Waals surface area contributed by atoms with Crippen LogP contribution in [0.15, 0.2) is 23.8 Å². The molecule has 1 amide bonds. The summed E-state index contributed by atoms with van der Waals surface area (Å²) in [6, 6.07) is 1.92. The van der Waals surface area contributed by atoms with Gasteiger partial charge in [-0.2, -0.15) is 0 Å². The second kappa shape index (κ2) is 6.99. The quantitative estimate of drug-likeness (QED) is 0.797. The van der Waals surface area contributed by atoms with Crippen molar-refractivity contribution in [2.24, 2.45) is 0 Å². The fourth-order valence-electron chi connectivity index (χ4n) is 3.34. The maximum absolute atomic E-state index is 12.7. The van der Waals surface area contributed by atoms with E-state index < -0.39 is 0 Å². The van der Waals surface area contributed by atoms with Gasteiger partial charge < -0.3 is 19.1 Å². The molecule has 0 fully saturated rings. The van der Waals surface area contributed by atoms with Crippen LogP contribution in [0.4, 0.5) is 0 Å². The summed E-state index contributed by atoms with van der Waals surface area (Å²) in [5.74, 6) is 2.02. The van der Waals surface area contributed by atoms with E-state index in [1.165, 1.54) is 0 Å². The fourth-order valence-corrected chi connectivity index (χ4v) is 3.34. The minimum atomic E-state index is 0.124. The molecule has 2 aliphatic rings. The number of carbonyl (C=O) groups is 1. The Balaban J connectivity index is 1.98. The molecule has 1 aromatic carbocycles. The number of hydrogen-bond donors (Lipinski definition) is 0. The van der Waals surface area contributed by atoms with E-state index in [-0.39, 0.29) is 5.91 Å². The normalized spacial score (nSPS) is 16.3. The first-order valence-corrected chi connectivity index (χ1v) is 8.16. The van der Waals surface area contributed by atoms with Crippen LogP contribution >= 0.6 is 0 Å². The fraction of sp³-hybridized carbons (Fsp3) is 0.421. The number of nitrogens with zero attached hydrogens (tertiary/aromatic N) is 1. The molecule has 0 aromatic heterocycles. The molecule has 1 heterocycles. The summed E-state index contributed by atoms with van der Waals surface area (Å²) in [6.07, 6.45) is 8.52. The second-order valence-corrected chi connectivity index (χ2v) is 5.89. The minimum Gasteiger partial charge on any atom is -0.493 e. The molecule has 5 heteroatoms. The summed E-state index contributed by atoms with van der Waals surface area (Å²) in [6.45, 7) is 1.48. The van der Waals surface area contributed by atoms with Crippen LogP contribution in [0.5, 0.6) is 17.2 Å². The van der Waals surface area contributed by atoms with E-state index >= 15 is 0 Å². The Labute approximate surface area is 142 Å². The molecule has 0 spiro atoms. The summed E-state index contributed by atoms with van der Waals surface area (Å²) in [4.78, 5) is 14.6. The molecule has 0 saturated carbocycles. The lowest BCUT2D eigenvalue weighted by molar-refractivity contribution is -0.126. The van der Waals surface area contributed by atoms with E-state index in [1.807, 2.05) is 17.0 Å². The maximum atomic E-state index is 12.7. The summed E-state index contributed by atoms with van der Waals surface area (Å²) in [5.41, 5.74) is 2.86. The Morgan fingerprint density at radius 2 is 1.83 bits per heavy atom. The van der Waals surface area contributed by atoms with Crippen LogP contribution in [0.2, 0.25) is 0 Å². The molecule has 0 unspecified atom stereocenters. The molecular formula is C19H23NO4. The van der Waals surface area contributed by atoms with Crippen molar-refractivity contribution in [2.45, 2.75) is 19.3 Å². The first-order chi connectivity index (χ1) is 11.7. The standard InChI is InChI=1S/C19H23NO4/c1-22-16-12-14-11-13(19(21)20-9-5-4-6-10-20)7-8-15(14)17(23-2)18(16)24-3/h4-5,11-12H,6-10H2,1-3H3. The van der Waals surface area contributed by atoms with Gasteiger partial charge >= 0.3 is 0 Å². The smallest absolute Gasteiger partial charge is 0.250 e. The second-order valence-electron chi connectivity index (χ2n) is 5.89.